The molecule has 3 nitrogen and oxygen atoms in total. The topological polar surface area (TPSA) is 35.5 Å². The van der Waals surface area contributed by atoms with E-state index in [0.29, 0.717) is 6.42 Å². The standard InChI is InChI=1S/C12H20O3Si/c1-16(2,3)15-10-6-4-5-8-12(10)9-7-11(13)14-12/h5,8,10H,4,6-7,9H2,1-3H3/t10-,12-/m1/s1. The second-order valence-electron chi connectivity index (χ2n) is 5.63. The van der Waals surface area contributed by atoms with Crippen molar-refractivity contribution in [3.05, 3.63) is 12.2 Å². The van der Waals surface area contributed by atoms with Crippen LogP contribution in [-0.2, 0) is 14.0 Å². The normalized spacial score (nSPS) is 34.4. The second-order valence-corrected chi connectivity index (χ2v) is 10.1. The first-order valence-electron chi connectivity index (χ1n) is 5.99. The van der Waals surface area contributed by atoms with Crippen LogP contribution in [0.15, 0.2) is 12.2 Å². The van der Waals surface area contributed by atoms with Crippen LogP contribution in [0.25, 0.3) is 0 Å². The summed E-state index contributed by atoms with van der Waals surface area (Å²) >= 11 is 0. The van der Waals surface area contributed by atoms with Crippen LogP contribution in [0, 0.1) is 0 Å². The zero-order valence-corrected chi connectivity index (χ0v) is 11.3. The van der Waals surface area contributed by atoms with Crippen molar-refractivity contribution in [2.75, 3.05) is 0 Å². The molecule has 0 unspecified atom stereocenters. The van der Waals surface area contributed by atoms with E-state index in [1.807, 2.05) is 6.08 Å². The van der Waals surface area contributed by atoms with Gasteiger partial charge in [-0.05, 0) is 38.6 Å². The summed E-state index contributed by atoms with van der Waals surface area (Å²) in [5.74, 6) is -0.0873. The minimum Gasteiger partial charge on any atom is -0.452 e. The number of hydrogen-bond donors (Lipinski definition) is 0. The summed E-state index contributed by atoms with van der Waals surface area (Å²) in [6.07, 6.45) is 7.51. The van der Waals surface area contributed by atoms with Gasteiger partial charge in [-0.25, -0.2) is 0 Å². The molecule has 1 saturated heterocycles. The highest BCUT2D eigenvalue weighted by Gasteiger charge is 2.47. The van der Waals surface area contributed by atoms with Gasteiger partial charge in [0.1, 0.15) is 0 Å². The van der Waals surface area contributed by atoms with Gasteiger partial charge in [0.25, 0.3) is 0 Å². The maximum absolute atomic E-state index is 11.3. The van der Waals surface area contributed by atoms with Gasteiger partial charge in [-0.3, -0.25) is 4.79 Å². The van der Waals surface area contributed by atoms with E-state index in [9.17, 15) is 4.79 Å². The average molecular weight is 240 g/mol. The van der Waals surface area contributed by atoms with Gasteiger partial charge in [0.05, 0.1) is 6.10 Å². The first kappa shape index (κ1) is 11.9. The molecule has 0 radical (unpaired) electrons. The van der Waals surface area contributed by atoms with Crippen LogP contribution in [-0.4, -0.2) is 26.0 Å². The molecule has 1 heterocycles. The third-order valence-corrected chi connectivity index (χ3v) is 4.05. The molecule has 0 aromatic rings. The van der Waals surface area contributed by atoms with Crippen molar-refractivity contribution >= 4 is 14.3 Å². The Morgan fingerprint density at radius 3 is 2.81 bits per heavy atom. The van der Waals surface area contributed by atoms with E-state index >= 15 is 0 Å². The van der Waals surface area contributed by atoms with Gasteiger partial charge in [0.15, 0.2) is 13.9 Å². The zero-order valence-electron chi connectivity index (χ0n) is 10.3. The monoisotopic (exact) mass is 240 g/mol. The number of hydrogen-bond acceptors (Lipinski definition) is 3. The second kappa shape index (κ2) is 4.00. The zero-order chi connectivity index (χ0) is 11.8. The Labute approximate surface area is 97.9 Å². The van der Waals surface area contributed by atoms with Gasteiger partial charge >= 0.3 is 5.97 Å². The molecule has 4 heteroatoms. The van der Waals surface area contributed by atoms with Crippen molar-refractivity contribution in [1.29, 1.82) is 0 Å². The fourth-order valence-corrected chi connectivity index (χ4v) is 3.59. The van der Waals surface area contributed by atoms with Crippen molar-refractivity contribution in [1.82, 2.24) is 0 Å². The van der Waals surface area contributed by atoms with Gasteiger partial charge in [-0.15, -0.1) is 0 Å². The Hall–Kier alpha value is -0.613. The molecule has 0 amide bonds. The average Bonchev–Trinajstić information content (AvgIpc) is 2.51. The predicted molar refractivity (Wildman–Crippen MR) is 64.7 cm³/mol. The SMILES string of the molecule is C[Si](C)(C)O[C@@H]1CCC=C[C@@]12CCC(=O)O2. The minimum atomic E-state index is -1.59. The highest BCUT2D eigenvalue weighted by atomic mass is 28.4. The molecule has 1 aliphatic carbocycles. The van der Waals surface area contributed by atoms with Gasteiger partial charge in [0.2, 0.25) is 0 Å². The van der Waals surface area contributed by atoms with E-state index in [2.05, 4.69) is 25.7 Å². The van der Waals surface area contributed by atoms with E-state index < -0.39 is 13.9 Å². The fourth-order valence-electron chi connectivity index (χ4n) is 2.42. The lowest BCUT2D eigenvalue weighted by Crippen LogP contribution is -2.48. The molecule has 0 N–H and O–H groups in total. The number of carbonyl (C=O) groups excluding carboxylic acids is 1. The largest absolute Gasteiger partial charge is 0.452 e. The lowest BCUT2D eigenvalue weighted by molar-refractivity contribution is -0.152. The number of ether oxygens (including phenoxy) is 1. The molecular formula is C12H20O3Si. The molecule has 0 aromatic carbocycles. The Bertz CT molecular complexity index is 319. The molecule has 1 aliphatic heterocycles. The smallest absolute Gasteiger partial charge is 0.306 e. The van der Waals surface area contributed by atoms with Gasteiger partial charge < -0.3 is 9.16 Å². The predicted octanol–water partition coefficient (Wildman–Crippen LogP) is 2.63. The summed E-state index contributed by atoms with van der Waals surface area (Å²) in [7, 11) is -1.59. The Morgan fingerprint density at radius 2 is 2.25 bits per heavy atom. The van der Waals surface area contributed by atoms with Crippen LogP contribution in [0.5, 0.6) is 0 Å². The van der Waals surface area contributed by atoms with Crippen LogP contribution in [0.3, 0.4) is 0 Å². The summed E-state index contributed by atoms with van der Waals surface area (Å²) in [6.45, 7) is 6.53. The molecule has 2 atom stereocenters. The molecule has 2 rings (SSSR count). The Balaban J connectivity index is 2.17. The fraction of sp³-hybridized carbons (Fsp3) is 0.750. The van der Waals surface area contributed by atoms with Crippen molar-refractivity contribution in [2.24, 2.45) is 0 Å². The number of esters is 1. The molecule has 0 saturated carbocycles. The maximum Gasteiger partial charge on any atom is 0.306 e. The van der Waals surface area contributed by atoms with E-state index in [-0.39, 0.29) is 12.1 Å². The number of rotatable bonds is 2. The van der Waals surface area contributed by atoms with E-state index in [1.165, 1.54) is 0 Å². The highest BCUT2D eigenvalue weighted by Crippen LogP contribution is 2.39. The lowest BCUT2D eigenvalue weighted by atomic mass is 9.86. The van der Waals surface area contributed by atoms with Crippen molar-refractivity contribution in [3.63, 3.8) is 0 Å². The molecule has 1 spiro atoms. The Kier molecular flexibility index (Phi) is 2.97. The molecule has 2 aliphatic rings. The summed E-state index contributed by atoms with van der Waals surface area (Å²) in [5, 5.41) is 0. The van der Waals surface area contributed by atoms with Crippen LogP contribution >= 0.6 is 0 Å². The van der Waals surface area contributed by atoms with Crippen molar-refractivity contribution in [3.8, 4) is 0 Å². The minimum absolute atomic E-state index is 0.0654. The first-order valence-corrected chi connectivity index (χ1v) is 9.39. The summed E-state index contributed by atoms with van der Waals surface area (Å²) in [6, 6.07) is 0. The molecule has 0 bridgehead atoms. The van der Waals surface area contributed by atoms with Gasteiger partial charge in [-0.2, -0.15) is 0 Å². The van der Waals surface area contributed by atoms with Gasteiger partial charge in [0, 0.05) is 12.8 Å². The summed E-state index contributed by atoms with van der Waals surface area (Å²) in [4.78, 5) is 11.3. The third kappa shape index (κ3) is 2.38. The van der Waals surface area contributed by atoms with Crippen molar-refractivity contribution in [2.45, 2.75) is 57.0 Å². The number of allylic oxidation sites excluding steroid dienone is 1. The molecular weight excluding hydrogens is 220 g/mol. The highest BCUT2D eigenvalue weighted by molar-refractivity contribution is 6.69. The van der Waals surface area contributed by atoms with Crippen LogP contribution < -0.4 is 0 Å². The van der Waals surface area contributed by atoms with Gasteiger partial charge in [-0.1, -0.05) is 6.08 Å². The lowest BCUT2D eigenvalue weighted by Gasteiger charge is -2.39. The van der Waals surface area contributed by atoms with Crippen LogP contribution in [0.1, 0.15) is 25.7 Å². The number of carbonyl (C=O) groups is 1. The molecule has 16 heavy (non-hydrogen) atoms. The van der Waals surface area contributed by atoms with E-state index in [0.717, 1.165) is 19.3 Å². The van der Waals surface area contributed by atoms with E-state index in [1.54, 1.807) is 0 Å². The summed E-state index contributed by atoms with van der Waals surface area (Å²) in [5.41, 5.74) is -0.449. The quantitative estimate of drug-likeness (QED) is 0.423. The Morgan fingerprint density at radius 1 is 1.50 bits per heavy atom. The van der Waals surface area contributed by atoms with Crippen molar-refractivity contribution < 1.29 is 14.0 Å². The summed E-state index contributed by atoms with van der Waals surface area (Å²) < 4.78 is 11.7. The van der Waals surface area contributed by atoms with Crippen LogP contribution in [0.2, 0.25) is 19.6 Å². The molecule has 90 valence electrons. The van der Waals surface area contributed by atoms with E-state index in [4.69, 9.17) is 9.16 Å². The molecule has 0 aromatic heterocycles. The first-order chi connectivity index (χ1) is 7.41. The maximum atomic E-state index is 11.3. The molecule has 1 fully saturated rings. The third-order valence-electron chi connectivity index (χ3n) is 3.06. The van der Waals surface area contributed by atoms with Crippen LogP contribution in [0.4, 0.5) is 0 Å².